The van der Waals surface area contributed by atoms with Gasteiger partial charge in [-0.05, 0) is 0 Å². The van der Waals surface area contributed by atoms with Crippen LogP contribution >= 0.6 is 0 Å². The van der Waals surface area contributed by atoms with E-state index in [1.54, 1.807) is 6.92 Å². The summed E-state index contributed by atoms with van der Waals surface area (Å²) in [6.07, 6.45) is 0. The van der Waals surface area contributed by atoms with Gasteiger partial charge in [-0.3, -0.25) is 9.59 Å². The van der Waals surface area contributed by atoms with Crippen LogP contribution in [0.5, 0.6) is 0 Å². The van der Waals surface area contributed by atoms with E-state index in [1.165, 1.54) is 6.92 Å². The second kappa shape index (κ2) is 6.42. The first-order valence-electron chi connectivity index (χ1n) is 4.28. The van der Waals surface area contributed by atoms with Gasteiger partial charge in [-0.1, -0.05) is 6.92 Å². The minimum atomic E-state index is -0.313. The average molecular weight is 187 g/mol. The Morgan fingerprint density at radius 2 is 2.00 bits per heavy atom. The molecule has 4 N–H and O–H groups in total. The number of rotatable bonds is 6. The predicted molar refractivity (Wildman–Crippen MR) is 49.9 cm³/mol. The van der Waals surface area contributed by atoms with Crippen molar-refractivity contribution in [3.05, 3.63) is 0 Å². The largest absolute Gasteiger partial charge is 0.369 e. The first kappa shape index (κ1) is 11.9. The third-order valence-corrected chi connectivity index (χ3v) is 1.61. The lowest BCUT2D eigenvalue weighted by Gasteiger charge is -2.08. The Bertz CT molecular complexity index is 182. The quantitative estimate of drug-likeness (QED) is 0.458. The topological polar surface area (TPSA) is 84.2 Å². The molecule has 0 heterocycles. The van der Waals surface area contributed by atoms with E-state index < -0.39 is 0 Å². The van der Waals surface area contributed by atoms with Crippen LogP contribution in [0, 0.1) is 5.92 Å². The van der Waals surface area contributed by atoms with Gasteiger partial charge in [0.2, 0.25) is 11.8 Å². The molecule has 0 aliphatic rings. The summed E-state index contributed by atoms with van der Waals surface area (Å²) in [6, 6.07) is 0. The van der Waals surface area contributed by atoms with Crippen LogP contribution in [0.25, 0.3) is 0 Å². The number of amides is 2. The maximum absolute atomic E-state index is 10.6. The predicted octanol–water partition coefficient (Wildman–Crippen LogP) is -1.17. The summed E-state index contributed by atoms with van der Waals surface area (Å²) in [5, 5.41) is 5.64. The van der Waals surface area contributed by atoms with Crippen molar-refractivity contribution in [3.63, 3.8) is 0 Å². The fourth-order valence-corrected chi connectivity index (χ4v) is 0.746. The maximum Gasteiger partial charge on any atom is 0.221 e. The van der Waals surface area contributed by atoms with Crippen molar-refractivity contribution in [1.82, 2.24) is 10.6 Å². The maximum atomic E-state index is 10.6. The number of carbonyl (C=O) groups is 2. The Balaban J connectivity index is 3.26. The summed E-state index contributed by atoms with van der Waals surface area (Å²) in [5.41, 5.74) is 5.05. The zero-order valence-electron chi connectivity index (χ0n) is 8.09. The van der Waals surface area contributed by atoms with Gasteiger partial charge in [0.05, 0.1) is 0 Å². The second-order valence-corrected chi connectivity index (χ2v) is 2.99. The SMILES string of the molecule is CC(=O)NCCNCC(C)C(N)=O. The van der Waals surface area contributed by atoms with Crippen molar-refractivity contribution >= 4 is 11.8 Å². The van der Waals surface area contributed by atoms with Crippen molar-refractivity contribution in [1.29, 1.82) is 0 Å². The zero-order chi connectivity index (χ0) is 10.3. The van der Waals surface area contributed by atoms with Crippen LogP contribution in [0.4, 0.5) is 0 Å². The summed E-state index contributed by atoms with van der Waals surface area (Å²) in [5.74, 6) is -0.533. The lowest BCUT2D eigenvalue weighted by molar-refractivity contribution is -0.121. The van der Waals surface area contributed by atoms with Gasteiger partial charge in [-0.15, -0.1) is 0 Å². The molecule has 5 nitrogen and oxygen atoms in total. The number of carbonyl (C=O) groups excluding carboxylic acids is 2. The Morgan fingerprint density at radius 1 is 1.38 bits per heavy atom. The average Bonchev–Trinajstić information content (AvgIpc) is 2.02. The molecular formula is C8H17N3O2. The normalized spacial score (nSPS) is 12.2. The second-order valence-electron chi connectivity index (χ2n) is 2.99. The van der Waals surface area contributed by atoms with E-state index in [9.17, 15) is 9.59 Å². The summed E-state index contributed by atoms with van der Waals surface area (Å²) in [6.45, 7) is 4.99. The van der Waals surface area contributed by atoms with E-state index in [1.807, 2.05) is 0 Å². The van der Waals surface area contributed by atoms with Crippen LogP contribution in [0.15, 0.2) is 0 Å². The monoisotopic (exact) mass is 187 g/mol. The summed E-state index contributed by atoms with van der Waals surface area (Å²) in [7, 11) is 0. The van der Waals surface area contributed by atoms with Crippen LogP contribution in [-0.4, -0.2) is 31.4 Å². The number of nitrogens with two attached hydrogens (primary N) is 1. The van der Waals surface area contributed by atoms with Crippen molar-refractivity contribution < 1.29 is 9.59 Å². The minimum Gasteiger partial charge on any atom is -0.369 e. The summed E-state index contributed by atoms with van der Waals surface area (Å²) < 4.78 is 0. The van der Waals surface area contributed by atoms with E-state index in [2.05, 4.69) is 10.6 Å². The molecule has 5 heteroatoms. The molecule has 2 amide bonds. The fourth-order valence-electron chi connectivity index (χ4n) is 0.746. The van der Waals surface area contributed by atoms with Gasteiger partial charge in [-0.25, -0.2) is 0 Å². The van der Waals surface area contributed by atoms with Crippen LogP contribution in [0.1, 0.15) is 13.8 Å². The molecule has 1 atom stereocenters. The molecule has 0 bridgehead atoms. The highest BCUT2D eigenvalue weighted by atomic mass is 16.1. The van der Waals surface area contributed by atoms with Gasteiger partial charge >= 0.3 is 0 Å². The molecule has 0 radical (unpaired) electrons. The van der Waals surface area contributed by atoms with E-state index in [0.29, 0.717) is 19.6 Å². The van der Waals surface area contributed by atoms with E-state index in [4.69, 9.17) is 5.73 Å². The number of hydrogen-bond donors (Lipinski definition) is 3. The van der Waals surface area contributed by atoms with Gasteiger partial charge in [0.15, 0.2) is 0 Å². The Labute approximate surface area is 78.1 Å². The Hall–Kier alpha value is -1.10. The molecule has 0 aromatic rings. The van der Waals surface area contributed by atoms with E-state index in [-0.39, 0.29) is 17.7 Å². The van der Waals surface area contributed by atoms with Crippen molar-refractivity contribution in [3.8, 4) is 0 Å². The van der Waals surface area contributed by atoms with Gasteiger partial charge in [0.25, 0.3) is 0 Å². The molecule has 0 spiro atoms. The molecular weight excluding hydrogens is 170 g/mol. The van der Waals surface area contributed by atoms with Crippen LogP contribution in [-0.2, 0) is 9.59 Å². The standard InChI is InChI=1S/C8H17N3O2/c1-6(8(9)13)5-10-3-4-11-7(2)12/h6,10H,3-5H2,1-2H3,(H2,9,13)(H,11,12). The van der Waals surface area contributed by atoms with Crippen molar-refractivity contribution in [2.24, 2.45) is 11.7 Å². The number of nitrogens with one attached hydrogen (secondary N) is 2. The third-order valence-electron chi connectivity index (χ3n) is 1.61. The molecule has 0 aliphatic heterocycles. The molecule has 0 aromatic heterocycles. The van der Waals surface area contributed by atoms with Gasteiger partial charge < -0.3 is 16.4 Å². The van der Waals surface area contributed by atoms with Crippen LogP contribution in [0.2, 0.25) is 0 Å². The highest BCUT2D eigenvalue weighted by Crippen LogP contribution is 1.88. The van der Waals surface area contributed by atoms with Gasteiger partial charge in [-0.2, -0.15) is 0 Å². The molecule has 1 unspecified atom stereocenters. The Morgan fingerprint density at radius 3 is 2.46 bits per heavy atom. The molecule has 0 fully saturated rings. The lowest BCUT2D eigenvalue weighted by Crippen LogP contribution is -2.35. The highest BCUT2D eigenvalue weighted by molar-refractivity contribution is 5.76. The molecule has 0 aromatic carbocycles. The highest BCUT2D eigenvalue weighted by Gasteiger charge is 2.06. The third kappa shape index (κ3) is 7.27. The lowest BCUT2D eigenvalue weighted by atomic mass is 10.2. The van der Waals surface area contributed by atoms with Crippen molar-refractivity contribution in [2.75, 3.05) is 19.6 Å². The van der Waals surface area contributed by atoms with Crippen LogP contribution in [0.3, 0.4) is 0 Å². The first-order valence-corrected chi connectivity index (χ1v) is 4.28. The van der Waals surface area contributed by atoms with E-state index >= 15 is 0 Å². The minimum absolute atomic E-state index is 0.0512. The number of primary amides is 1. The summed E-state index contributed by atoms with van der Waals surface area (Å²) >= 11 is 0. The fraction of sp³-hybridized carbons (Fsp3) is 0.750. The molecule has 0 saturated heterocycles. The zero-order valence-corrected chi connectivity index (χ0v) is 8.09. The van der Waals surface area contributed by atoms with Gasteiger partial charge in [0, 0.05) is 32.5 Å². The molecule has 0 aliphatic carbocycles. The van der Waals surface area contributed by atoms with Crippen LogP contribution < -0.4 is 16.4 Å². The Kier molecular flexibility index (Phi) is 5.88. The molecule has 76 valence electrons. The molecule has 0 rings (SSSR count). The van der Waals surface area contributed by atoms with Gasteiger partial charge in [0.1, 0.15) is 0 Å². The molecule has 0 saturated carbocycles. The number of hydrogen-bond acceptors (Lipinski definition) is 3. The first-order chi connectivity index (χ1) is 6.04. The smallest absolute Gasteiger partial charge is 0.221 e. The van der Waals surface area contributed by atoms with E-state index in [0.717, 1.165) is 0 Å². The summed E-state index contributed by atoms with van der Waals surface area (Å²) in [4.78, 5) is 21.0. The van der Waals surface area contributed by atoms with Crippen molar-refractivity contribution in [2.45, 2.75) is 13.8 Å². The molecule has 13 heavy (non-hydrogen) atoms.